The van der Waals surface area contributed by atoms with Gasteiger partial charge >= 0.3 is 0 Å². The molecule has 19 heavy (non-hydrogen) atoms. The molecule has 1 aliphatic heterocycles. The van der Waals surface area contributed by atoms with Gasteiger partial charge in [0.1, 0.15) is 0 Å². The van der Waals surface area contributed by atoms with E-state index in [1.807, 2.05) is 6.08 Å². The molecule has 1 fully saturated rings. The van der Waals surface area contributed by atoms with Gasteiger partial charge in [0.2, 0.25) is 0 Å². The summed E-state index contributed by atoms with van der Waals surface area (Å²) in [6.45, 7) is 8.30. The average molecular weight is 368 g/mol. The molecule has 0 unspecified atom stereocenters. The van der Waals surface area contributed by atoms with E-state index in [0.29, 0.717) is 6.04 Å². The zero-order valence-electron chi connectivity index (χ0n) is 10.8. The second-order valence-electron chi connectivity index (χ2n) is 4.38. The highest BCUT2D eigenvalue weighted by molar-refractivity contribution is 9.10. The number of rotatable bonds is 4. The molecule has 0 amide bonds. The van der Waals surface area contributed by atoms with Gasteiger partial charge in [-0.2, -0.15) is 0 Å². The lowest BCUT2D eigenvalue weighted by Crippen LogP contribution is -2.45. The van der Waals surface area contributed by atoms with Gasteiger partial charge in [-0.15, -0.1) is 31.4 Å². The molecular formula is C14H21BrCl2N2. The zero-order valence-corrected chi connectivity index (χ0v) is 14.1. The van der Waals surface area contributed by atoms with E-state index in [1.165, 1.54) is 5.56 Å². The van der Waals surface area contributed by atoms with Gasteiger partial charge in [-0.05, 0) is 24.1 Å². The summed E-state index contributed by atoms with van der Waals surface area (Å²) >= 11 is 3.49. The molecule has 1 saturated heterocycles. The van der Waals surface area contributed by atoms with Crippen molar-refractivity contribution in [3.05, 3.63) is 47.0 Å². The van der Waals surface area contributed by atoms with Gasteiger partial charge < -0.3 is 5.32 Å². The van der Waals surface area contributed by atoms with Gasteiger partial charge in [0.15, 0.2) is 0 Å². The molecular weight excluding hydrogens is 347 g/mol. The maximum Gasteiger partial charge on any atom is 0.0383 e. The molecule has 1 heterocycles. The normalized spacial score (nSPS) is 16.9. The van der Waals surface area contributed by atoms with Crippen molar-refractivity contribution < 1.29 is 0 Å². The fourth-order valence-corrected chi connectivity index (χ4v) is 2.60. The third-order valence-electron chi connectivity index (χ3n) is 3.24. The van der Waals surface area contributed by atoms with E-state index in [2.05, 4.69) is 57.0 Å². The third-order valence-corrected chi connectivity index (χ3v) is 3.77. The van der Waals surface area contributed by atoms with E-state index < -0.39 is 0 Å². The first-order valence-corrected chi connectivity index (χ1v) is 6.91. The van der Waals surface area contributed by atoms with Gasteiger partial charge in [-0.3, -0.25) is 4.90 Å². The van der Waals surface area contributed by atoms with Crippen LogP contribution in [-0.2, 0) is 0 Å². The van der Waals surface area contributed by atoms with Crippen LogP contribution in [0.3, 0.4) is 0 Å². The summed E-state index contributed by atoms with van der Waals surface area (Å²) in [7, 11) is 0. The summed E-state index contributed by atoms with van der Waals surface area (Å²) in [5.41, 5.74) is 1.38. The highest BCUT2D eigenvalue weighted by Crippen LogP contribution is 2.26. The van der Waals surface area contributed by atoms with E-state index >= 15 is 0 Å². The Hall–Kier alpha value is -0.0600. The first kappa shape index (κ1) is 18.9. The number of hydrogen-bond donors (Lipinski definition) is 1. The van der Waals surface area contributed by atoms with Gasteiger partial charge in [0.25, 0.3) is 0 Å². The SMILES string of the molecule is C=CC[C@H](c1ccc(Br)cc1)N1CCNCC1.Cl.Cl. The van der Waals surface area contributed by atoms with Crippen molar-refractivity contribution in [2.75, 3.05) is 26.2 Å². The molecule has 1 aliphatic rings. The van der Waals surface area contributed by atoms with Crippen LogP contribution >= 0.6 is 40.7 Å². The van der Waals surface area contributed by atoms with E-state index in [4.69, 9.17) is 0 Å². The molecule has 1 N–H and O–H groups in total. The van der Waals surface area contributed by atoms with Crippen LogP contribution in [-0.4, -0.2) is 31.1 Å². The minimum Gasteiger partial charge on any atom is -0.314 e. The first-order valence-electron chi connectivity index (χ1n) is 6.12. The Labute approximate surface area is 136 Å². The second-order valence-corrected chi connectivity index (χ2v) is 5.29. The lowest BCUT2D eigenvalue weighted by molar-refractivity contribution is 0.174. The van der Waals surface area contributed by atoms with Crippen molar-refractivity contribution in [2.24, 2.45) is 0 Å². The molecule has 0 aromatic heterocycles. The van der Waals surface area contributed by atoms with Crippen LogP contribution in [0.25, 0.3) is 0 Å². The van der Waals surface area contributed by atoms with E-state index in [0.717, 1.165) is 37.1 Å². The van der Waals surface area contributed by atoms with Crippen LogP contribution in [0.4, 0.5) is 0 Å². The van der Waals surface area contributed by atoms with Crippen LogP contribution in [0.5, 0.6) is 0 Å². The predicted octanol–water partition coefficient (Wildman–Crippen LogP) is 3.82. The molecule has 1 aromatic carbocycles. The summed E-state index contributed by atoms with van der Waals surface area (Å²) < 4.78 is 1.14. The quantitative estimate of drug-likeness (QED) is 0.814. The number of piperazine rings is 1. The first-order chi connectivity index (χ1) is 8.31. The fraction of sp³-hybridized carbons (Fsp3) is 0.429. The summed E-state index contributed by atoms with van der Waals surface area (Å²) in [6.07, 6.45) is 3.04. The van der Waals surface area contributed by atoms with Gasteiger partial charge in [0, 0.05) is 36.7 Å². The molecule has 0 radical (unpaired) electrons. The number of nitrogens with one attached hydrogen (secondary N) is 1. The summed E-state index contributed by atoms with van der Waals surface area (Å²) in [5, 5.41) is 3.40. The molecule has 2 rings (SSSR count). The molecule has 0 saturated carbocycles. The Morgan fingerprint density at radius 2 is 1.79 bits per heavy atom. The van der Waals surface area contributed by atoms with Crippen LogP contribution in [0.15, 0.2) is 41.4 Å². The Bertz CT molecular complexity index is 364. The van der Waals surface area contributed by atoms with Crippen LogP contribution in [0, 0.1) is 0 Å². The highest BCUT2D eigenvalue weighted by atomic mass is 79.9. The van der Waals surface area contributed by atoms with Gasteiger partial charge in [0.05, 0.1) is 0 Å². The van der Waals surface area contributed by atoms with Crippen molar-refractivity contribution in [3.8, 4) is 0 Å². The van der Waals surface area contributed by atoms with E-state index in [1.54, 1.807) is 0 Å². The molecule has 5 heteroatoms. The Balaban J connectivity index is 0.00000162. The second kappa shape index (κ2) is 9.78. The summed E-state index contributed by atoms with van der Waals surface area (Å²) in [6, 6.07) is 9.13. The van der Waals surface area contributed by atoms with Crippen LogP contribution < -0.4 is 5.32 Å². The minimum absolute atomic E-state index is 0. The van der Waals surface area contributed by atoms with Crippen molar-refractivity contribution >= 4 is 40.7 Å². The Morgan fingerprint density at radius 1 is 1.21 bits per heavy atom. The number of nitrogens with zero attached hydrogens (tertiary/aromatic N) is 1. The topological polar surface area (TPSA) is 15.3 Å². The molecule has 108 valence electrons. The zero-order chi connectivity index (χ0) is 12.1. The lowest BCUT2D eigenvalue weighted by atomic mass is 10.0. The molecule has 0 bridgehead atoms. The highest BCUT2D eigenvalue weighted by Gasteiger charge is 2.20. The maximum absolute atomic E-state index is 3.89. The molecule has 0 aliphatic carbocycles. The average Bonchev–Trinajstić information content (AvgIpc) is 2.38. The maximum atomic E-state index is 3.89. The third kappa shape index (κ3) is 5.44. The minimum atomic E-state index is 0. The molecule has 2 nitrogen and oxygen atoms in total. The molecule has 0 spiro atoms. The van der Waals surface area contributed by atoms with Crippen molar-refractivity contribution in [1.29, 1.82) is 0 Å². The lowest BCUT2D eigenvalue weighted by Gasteiger charge is -2.34. The van der Waals surface area contributed by atoms with Crippen molar-refractivity contribution in [3.63, 3.8) is 0 Å². The fourth-order valence-electron chi connectivity index (χ4n) is 2.33. The number of benzene rings is 1. The molecule has 1 atom stereocenters. The summed E-state index contributed by atoms with van der Waals surface area (Å²) in [4.78, 5) is 2.54. The molecule has 1 aromatic rings. The van der Waals surface area contributed by atoms with E-state index in [-0.39, 0.29) is 24.8 Å². The van der Waals surface area contributed by atoms with Crippen molar-refractivity contribution in [1.82, 2.24) is 10.2 Å². The Morgan fingerprint density at radius 3 is 2.32 bits per heavy atom. The van der Waals surface area contributed by atoms with Crippen LogP contribution in [0.2, 0.25) is 0 Å². The smallest absolute Gasteiger partial charge is 0.0383 e. The Kier molecular flexibility index (Phi) is 9.75. The van der Waals surface area contributed by atoms with Gasteiger partial charge in [-0.1, -0.05) is 34.1 Å². The van der Waals surface area contributed by atoms with Crippen LogP contribution in [0.1, 0.15) is 18.0 Å². The largest absolute Gasteiger partial charge is 0.314 e. The standard InChI is InChI=1S/C14H19BrN2.2ClH/c1-2-3-14(17-10-8-16-9-11-17)12-4-6-13(15)7-5-12;;/h2,4-7,14,16H,1,3,8-11H2;2*1H/t14-;;/m1../s1. The summed E-state index contributed by atoms with van der Waals surface area (Å²) in [5.74, 6) is 0. The monoisotopic (exact) mass is 366 g/mol. The number of halogens is 3. The van der Waals surface area contributed by atoms with E-state index in [9.17, 15) is 0 Å². The van der Waals surface area contributed by atoms with Crippen molar-refractivity contribution in [2.45, 2.75) is 12.5 Å². The number of hydrogen-bond acceptors (Lipinski definition) is 2. The predicted molar refractivity (Wildman–Crippen MR) is 90.6 cm³/mol. The van der Waals surface area contributed by atoms with Gasteiger partial charge in [-0.25, -0.2) is 0 Å².